The zero-order valence-corrected chi connectivity index (χ0v) is 15.1. The van der Waals surface area contributed by atoms with Gasteiger partial charge in [0.25, 0.3) is 0 Å². The number of ether oxygens (including phenoxy) is 2. The molecule has 1 amide bonds. The highest BCUT2D eigenvalue weighted by Gasteiger charge is 2.34. The number of amides is 1. The maximum atomic E-state index is 13.0. The molecule has 1 unspecified atom stereocenters. The average molecular weight is 408 g/mol. The van der Waals surface area contributed by atoms with Crippen molar-refractivity contribution < 1.29 is 42.8 Å². The van der Waals surface area contributed by atoms with E-state index in [9.17, 15) is 33.3 Å². The fourth-order valence-electron chi connectivity index (χ4n) is 2.76. The Labute approximate surface area is 159 Å². The molecule has 0 aliphatic carbocycles. The normalized spacial score (nSPS) is 23.5. The van der Waals surface area contributed by atoms with Gasteiger partial charge in [-0.05, 0) is 18.2 Å². The number of nitrogens with one attached hydrogen (secondary N) is 1. The van der Waals surface area contributed by atoms with Gasteiger partial charge in [0.15, 0.2) is 0 Å². The SMILES string of the molecule is COCCOc1ccc(C(F)(F)F)cc1NC(=O)CN1C[C@@H](O)C(O)[C@@H](O)C1. The Morgan fingerprint density at radius 3 is 2.43 bits per heavy atom. The average Bonchev–Trinajstić information content (AvgIpc) is 2.60. The minimum absolute atomic E-state index is 0.0486. The monoisotopic (exact) mass is 408 g/mol. The van der Waals surface area contributed by atoms with Gasteiger partial charge in [-0.3, -0.25) is 9.69 Å². The second-order valence-corrected chi connectivity index (χ2v) is 6.42. The molecular weight excluding hydrogens is 385 g/mol. The Morgan fingerprint density at radius 1 is 1.21 bits per heavy atom. The van der Waals surface area contributed by atoms with Crippen LogP contribution >= 0.6 is 0 Å². The van der Waals surface area contributed by atoms with E-state index < -0.39 is 36.0 Å². The molecule has 1 aromatic carbocycles. The first kappa shape index (κ1) is 22.4. The zero-order chi connectivity index (χ0) is 20.9. The number of halogens is 3. The van der Waals surface area contributed by atoms with Crippen molar-refractivity contribution in [3.05, 3.63) is 23.8 Å². The number of likely N-dealkylation sites (tertiary alicyclic amines) is 1. The summed E-state index contributed by atoms with van der Waals surface area (Å²) in [7, 11) is 1.44. The second kappa shape index (κ2) is 9.52. The highest BCUT2D eigenvalue weighted by molar-refractivity contribution is 5.93. The summed E-state index contributed by atoms with van der Waals surface area (Å²) in [5.41, 5.74) is -1.11. The zero-order valence-electron chi connectivity index (χ0n) is 15.1. The topological polar surface area (TPSA) is 111 Å². The van der Waals surface area contributed by atoms with E-state index >= 15 is 0 Å². The number of hydrogen-bond acceptors (Lipinski definition) is 7. The van der Waals surface area contributed by atoms with Gasteiger partial charge in [-0.25, -0.2) is 0 Å². The molecular formula is C17H23F3N2O6. The highest BCUT2D eigenvalue weighted by Crippen LogP contribution is 2.35. The van der Waals surface area contributed by atoms with Crippen molar-refractivity contribution in [3.8, 4) is 5.75 Å². The van der Waals surface area contributed by atoms with Crippen molar-refractivity contribution in [1.29, 1.82) is 0 Å². The molecule has 11 heteroatoms. The Kier molecular flexibility index (Phi) is 7.61. The minimum Gasteiger partial charge on any atom is -0.489 e. The molecule has 28 heavy (non-hydrogen) atoms. The summed E-state index contributed by atoms with van der Waals surface area (Å²) in [5.74, 6) is -0.612. The Bertz CT molecular complexity index is 661. The molecule has 1 fully saturated rings. The lowest BCUT2D eigenvalue weighted by molar-refractivity contribution is -0.137. The number of aliphatic hydroxyl groups is 3. The van der Waals surface area contributed by atoms with E-state index in [2.05, 4.69) is 5.32 Å². The molecule has 0 aromatic heterocycles. The first-order valence-corrected chi connectivity index (χ1v) is 8.51. The summed E-state index contributed by atoms with van der Waals surface area (Å²) in [4.78, 5) is 13.7. The van der Waals surface area contributed by atoms with Gasteiger partial charge in [0.2, 0.25) is 5.91 Å². The van der Waals surface area contributed by atoms with Crippen molar-refractivity contribution in [2.45, 2.75) is 24.5 Å². The molecule has 1 aromatic rings. The van der Waals surface area contributed by atoms with Gasteiger partial charge in [-0.2, -0.15) is 13.2 Å². The first-order valence-electron chi connectivity index (χ1n) is 8.51. The van der Waals surface area contributed by atoms with Crippen LogP contribution in [0.2, 0.25) is 0 Å². The van der Waals surface area contributed by atoms with Crippen LogP contribution in [0.3, 0.4) is 0 Å². The van der Waals surface area contributed by atoms with E-state index in [0.717, 1.165) is 18.2 Å². The lowest BCUT2D eigenvalue weighted by atomic mass is 10.0. The van der Waals surface area contributed by atoms with E-state index in [-0.39, 0.29) is 44.3 Å². The van der Waals surface area contributed by atoms with Crippen LogP contribution in [0.15, 0.2) is 18.2 Å². The number of rotatable bonds is 7. The van der Waals surface area contributed by atoms with Crippen LogP contribution in [0.25, 0.3) is 0 Å². The van der Waals surface area contributed by atoms with Gasteiger partial charge in [-0.1, -0.05) is 0 Å². The number of β-amino-alcohol motifs (C(OH)–C–C–N with tert-alkyl or cyclic N) is 2. The predicted octanol–water partition coefficient (Wildman–Crippen LogP) is 0.0674. The van der Waals surface area contributed by atoms with E-state index in [4.69, 9.17) is 9.47 Å². The number of benzene rings is 1. The molecule has 8 nitrogen and oxygen atoms in total. The molecule has 3 atom stereocenters. The Hall–Kier alpha value is -1.92. The van der Waals surface area contributed by atoms with Gasteiger partial charge >= 0.3 is 6.18 Å². The predicted molar refractivity (Wildman–Crippen MR) is 91.9 cm³/mol. The van der Waals surface area contributed by atoms with Gasteiger partial charge < -0.3 is 30.1 Å². The smallest absolute Gasteiger partial charge is 0.416 e. The second-order valence-electron chi connectivity index (χ2n) is 6.42. The van der Waals surface area contributed by atoms with Crippen LogP contribution in [0.5, 0.6) is 5.75 Å². The van der Waals surface area contributed by atoms with Crippen molar-refractivity contribution >= 4 is 11.6 Å². The molecule has 0 bridgehead atoms. The fourth-order valence-corrected chi connectivity index (χ4v) is 2.76. The molecule has 1 aliphatic rings. The molecule has 158 valence electrons. The number of nitrogens with zero attached hydrogens (tertiary/aromatic N) is 1. The summed E-state index contributed by atoms with van der Waals surface area (Å²) in [6.45, 7) is -0.140. The number of anilines is 1. The Balaban J connectivity index is 2.10. The number of aliphatic hydroxyl groups excluding tert-OH is 3. The number of methoxy groups -OCH3 is 1. The Morgan fingerprint density at radius 2 is 1.86 bits per heavy atom. The van der Waals surface area contributed by atoms with Crippen molar-refractivity contribution in [2.75, 3.05) is 45.3 Å². The molecule has 1 aliphatic heterocycles. The first-order chi connectivity index (χ1) is 13.1. The fraction of sp³-hybridized carbons (Fsp3) is 0.588. The van der Waals surface area contributed by atoms with Crippen LogP contribution < -0.4 is 10.1 Å². The van der Waals surface area contributed by atoms with Crippen LogP contribution in [-0.4, -0.2) is 84.4 Å². The molecule has 2 rings (SSSR count). The van der Waals surface area contributed by atoms with Crippen molar-refractivity contribution in [1.82, 2.24) is 4.90 Å². The summed E-state index contributed by atoms with van der Waals surface area (Å²) < 4.78 is 49.1. The highest BCUT2D eigenvalue weighted by atomic mass is 19.4. The van der Waals surface area contributed by atoms with Crippen molar-refractivity contribution in [3.63, 3.8) is 0 Å². The van der Waals surface area contributed by atoms with Gasteiger partial charge in [-0.15, -0.1) is 0 Å². The molecule has 1 heterocycles. The molecule has 0 spiro atoms. The van der Waals surface area contributed by atoms with Crippen LogP contribution in [0, 0.1) is 0 Å². The third-order valence-corrected chi connectivity index (χ3v) is 4.17. The van der Waals surface area contributed by atoms with E-state index in [1.54, 1.807) is 0 Å². The number of alkyl halides is 3. The number of piperidine rings is 1. The number of hydrogen-bond donors (Lipinski definition) is 4. The summed E-state index contributed by atoms with van der Waals surface area (Å²) in [6, 6.07) is 2.72. The van der Waals surface area contributed by atoms with Crippen LogP contribution in [-0.2, 0) is 15.7 Å². The minimum atomic E-state index is -4.60. The third-order valence-electron chi connectivity index (χ3n) is 4.17. The summed E-state index contributed by atoms with van der Waals surface area (Å²) >= 11 is 0. The third kappa shape index (κ3) is 6.04. The largest absolute Gasteiger partial charge is 0.489 e. The standard InChI is InChI=1S/C17H23F3N2O6/c1-27-4-5-28-14-3-2-10(17(18,19)20)6-11(14)21-15(25)9-22-7-12(23)16(26)13(24)8-22/h2-3,6,12-13,16,23-24,26H,4-5,7-9H2,1H3,(H,21,25)/t12-,13+,16?. The number of carbonyl (C=O) groups is 1. The van der Waals surface area contributed by atoms with E-state index in [1.807, 2.05) is 0 Å². The quantitative estimate of drug-likeness (QED) is 0.473. The summed E-state index contributed by atoms with van der Waals surface area (Å²) in [5, 5.41) is 31.2. The van der Waals surface area contributed by atoms with Gasteiger partial charge in [0, 0.05) is 20.2 Å². The molecule has 4 N–H and O–H groups in total. The van der Waals surface area contributed by atoms with E-state index in [0.29, 0.717) is 0 Å². The molecule has 0 radical (unpaired) electrons. The van der Waals surface area contributed by atoms with Crippen molar-refractivity contribution in [2.24, 2.45) is 0 Å². The maximum absolute atomic E-state index is 13.0. The van der Waals surface area contributed by atoms with Gasteiger partial charge in [0.05, 0.1) is 36.6 Å². The maximum Gasteiger partial charge on any atom is 0.416 e. The molecule has 0 saturated carbocycles. The number of carbonyl (C=O) groups excluding carboxylic acids is 1. The van der Waals surface area contributed by atoms with E-state index in [1.165, 1.54) is 12.0 Å². The van der Waals surface area contributed by atoms with Gasteiger partial charge in [0.1, 0.15) is 18.5 Å². The lowest BCUT2D eigenvalue weighted by Crippen LogP contribution is -2.56. The lowest BCUT2D eigenvalue weighted by Gasteiger charge is -2.36. The summed E-state index contributed by atoms with van der Waals surface area (Å²) in [6.07, 6.45) is -8.39. The van der Waals surface area contributed by atoms with Crippen LogP contribution in [0.1, 0.15) is 5.56 Å². The van der Waals surface area contributed by atoms with Crippen LogP contribution in [0.4, 0.5) is 18.9 Å². The molecule has 1 saturated heterocycles.